The van der Waals surface area contributed by atoms with Crippen LogP contribution in [0.2, 0.25) is 0 Å². The largest absolute Gasteiger partial charge is 0.290 e. The van der Waals surface area contributed by atoms with E-state index in [-0.39, 0.29) is 12.2 Å². The fraction of sp³-hybridized carbons (Fsp3) is 0.0833. The lowest BCUT2D eigenvalue weighted by molar-refractivity contribution is -0.114. The maximum Gasteiger partial charge on any atom is 0.269 e. The van der Waals surface area contributed by atoms with E-state index in [1.807, 2.05) is 29.6 Å². The number of hydrogen-bond acceptors (Lipinski definition) is 7. The highest BCUT2D eigenvalue weighted by Gasteiger charge is 2.21. The summed E-state index contributed by atoms with van der Waals surface area (Å²) < 4.78 is 0. The molecular formula is C12H8N4O2S2. The zero-order chi connectivity index (χ0) is 13.9. The number of nitrogens with one attached hydrogen (secondary N) is 1. The Bertz CT molecular complexity index is 731. The molecule has 8 heteroatoms. The van der Waals surface area contributed by atoms with Gasteiger partial charge < -0.3 is 0 Å². The van der Waals surface area contributed by atoms with Crippen LogP contribution >= 0.6 is 22.7 Å². The molecule has 0 bridgehead atoms. The summed E-state index contributed by atoms with van der Waals surface area (Å²) in [5.41, 5.74) is 0. The first kappa shape index (κ1) is 12.8. The summed E-state index contributed by atoms with van der Waals surface area (Å²) in [5.74, 6) is -1.44. The molecule has 0 amide bonds. The third-order valence-electron chi connectivity index (χ3n) is 2.56. The summed E-state index contributed by atoms with van der Waals surface area (Å²) in [6.45, 7) is 0. The van der Waals surface area contributed by atoms with E-state index in [9.17, 15) is 9.59 Å². The van der Waals surface area contributed by atoms with Crippen LogP contribution in [0.1, 0.15) is 15.5 Å². The predicted octanol–water partition coefficient (Wildman–Crippen LogP) is 1.98. The third-order valence-corrected chi connectivity index (χ3v) is 4.71. The fourth-order valence-electron chi connectivity index (χ4n) is 1.65. The number of hydrogen-bond donors (Lipinski definition) is 1. The Morgan fingerprint density at radius 3 is 2.80 bits per heavy atom. The molecule has 0 aliphatic carbocycles. The molecule has 3 rings (SSSR count). The number of rotatable bonds is 5. The molecule has 100 valence electrons. The van der Waals surface area contributed by atoms with E-state index in [4.69, 9.17) is 0 Å². The minimum atomic E-state index is -0.718. The van der Waals surface area contributed by atoms with Crippen LogP contribution < -0.4 is 0 Å². The maximum atomic E-state index is 11.8. The lowest BCUT2D eigenvalue weighted by Crippen LogP contribution is -2.17. The van der Waals surface area contributed by atoms with Crippen molar-refractivity contribution in [2.75, 3.05) is 0 Å². The van der Waals surface area contributed by atoms with Crippen LogP contribution in [0, 0.1) is 0 Å². The third kappa shape index (κ3) is 2.56. The van der Waals surface area contributed by atoms with E-state index >= 15 is 0 Å². The van der Waals surface area contributed by atoms with Crippen LogP contribution in [0.3, 0.4) is 0 Å². The number of ketones is 2. The monoisotopic (exact) mass is 304 g/mol. The van der Waals surface area contributed by atoms with E-state index in [1.165, 1.54) is 11.3 Å². The summed E-state index contributed by atoms with van der Waals surface area (Å²) in [4.78, 5) is 26.6. The fourth-order valence-corrected chi connectivity index (χ4v) is 3.49. The number of nitrogens with zero attached hydrogens (tertiary/aromatic N) is 3. The number of H-pyrrole nitrogens is 1. The van der Waals surface area contributed by atoms with Crippen LogP contribution in [0.5, 0.6) is 0 Å². The van der Waals surface area contributed by atoms with E-state index in [1.54, 1.807) is 11.3 Å². The van der Waals surface area contributed by atoms with Gasteiger partial charge in [-0.05, 0) is 28.8 Å². The second-order valence-corrected chi connectivity index (χ2v) is 6.02. The van der Waals surface area contributed by atoms with Crippen molar-refractivity contribution in [3.8, 4) is 9.75 Å². The molecule has 0 fully saturated rings. The van der Waals surface area contributed by atoms with E-state index in [0.717, 1.165) is 14.6 Å². The molecule has 0 saturated heterocycles. The molecule has 3 aromatic rings. The highest BCUT2D eigenvalue weighted by Crippen LogP contribution is 2.31. The van der Waals surface area contributed by atoms with Crippen molar-refractivity contribution in [3.63, 3.8) is 0 Å². The molecule has 0 radical (unpaired) electrons. The molecular weight excluding hydrogens is 296 g/mol. The van der Waals surface area contributed by atoms with Crippen LogP contribution in [0.25, 0.3) is 9.75 Å². The number of tetrazole rings is 1. The summed E-state index contributed by atoms with van der Waals surface area (Å²) in [7, 11) is 0. The van der Waals surface area contributed by atoms with Crippen molar-refractivity contribution in [1.29, 1.82) is 0 Å². The lowest BCUT2D eigenvalue weighted by atomic mass is 10.1. The van der Waals surface area contributed by atoms with Crippen LogP contribution in [0.15, 0.2) is 29.6 Å². The Labute approximate surface area is 121 Å². The smallest absolute Gasteiger partial charge is 0.269 e. The van der Waals surface area contributed by atoms with E-state index in [2.05, 4.69) is 20.6 Å². The summed E-state index contributed by atoms with van der Waals surface area (Å²) in [6, 6.07) is 7.82. The van der Waals surface area contributed by atoms with E-state index in [0.29, 0.717) is 0 Å². The summed E-state index contributed by atoms with van der Waals surface area (Å²) in [6.07, 6.45) is 0.0589. The average molecular weight is 304 g/mol. The minimum Gasteiger partial charge on any atom is -0.290 e. The van der Waals surface area contributed by atoms with Crippen molar-refractivity contribution in [3.05, 3.63) is 40.3 Å². The predicted molar refractivity (Wildman–Crippen MR) is 74.9 cm³/mol. The SMILES string of the molecule is O=C(Cc1ccc(-c2cccs2)s1)C(=O)c1nn[nH]n1. The number of carbonyl (C=O) groups is 2. The Kier molecular flexibility index (Phi) is 3.48. The van der Waals surface area contributed by atoms with Gasteiger partial charge in [0.1, 0.15) is 0 Å². The molecule has 3 heterocycles. The molecule has 0 spiro atoms. The molecule has 1 N–H and O–H groups in total. The van der Waals surface area contributed by atoms with Gasteiger partial charge in [-0.15, -0.1) is 32.9 Å². The molecule has 0 unspecified atom stereocenters. The molecule has 20 heavy (non-hydrogen) atoms. The molecule has 6 nitrogen and oxygen atoms in total. The lowest BCUT2D eigenvalue weighted by Gasteiger charge is -1.94. The van der Waals surface area contributed by atoms with Crippen molar-refractivity contribution in [2.45, 2.75) is 6.42 Å². The molecule has 0 aliphatic rings. The van der Waals surface area contributed by atoms with Gasteiger partial charge in [0.2, 0.25) is 11.6 Å². The molecule has 0 atom stereocenters. The quantitative estimate of drug-likeness (QED) is 0.575. The minimum absolute atomic E-state index is 0.0589. The van der Waals surface area contributed by atoms with Gasteiger partial charge in [-0.3, -0.25) is 9.59 Å². The number of aromatic amines is 1. The van der Waals surface area contributed by atoms with Crippen LogP contribution in [-0.4, -0.2) is 32.2 Å². The van der Waals surface area contributed by atoms with Gasteiger partial charge in [0.25, 0.3) is 5.78 Å². The summed E-state index contributed by atoms with van der Waals surface area (Å²) >= 11 is 3.15. The van der Waals surface area contributed by atoms with E-state index < -0.39 is 11.6 Å². The van der Waals surface area contributed by atoms with Crippen molar-refractivity contribution < 1.29 is 9.59 Å². The normalized spacial score (nSPS) is 10.6. The van der Waals surface area contributed by atoms with Crippen LogP contribution in [0.4, 0.5) is 0 Å². The number of Topliss-reactive ketones (excluding diaryl/α,β-unsaturated/α-hetero) is 2. The Hall–Kier alpha value is -2.19. The summed E-state index contributed by atoms with van der Waals surface area (Å²) in [5, 5.41) is 14.4. The maximum absolute atomic E-state index is 11.8. The first-order valence-electron chi connectivity index (χ1n) is 5.67. The van der Waals surface area contributed by atoms with Gasteiger partial charge >= 0.3 is 0 Å². The van der Waals surface area contributed by atoms with Crippen LogP contribution in [-0.2, 0) is 11.2 Å². The van der Waals surface area contributed by atoms with Gasteiger partial charge in [0.05, 0.1) is 0 Å². The van der Waals surface area contributed by atoms with Gasteiger partial charge in [-0.1, -0.05) is 6.07 Å². The Balaban J connectivity index is 1.72. The van der Waals surface area contributed by atoms with Crippen molar-refractivity contribution >= 4 is 34.2 Å². The Morgan fingerprint density at radius 2 is 2.10 bits per heavy atom. The van der Waals surface area contributed by atoms with Crippen molar-refractivity contribution in [2.24, 2.45) is 0 Å². The van der Waals surface area contributed by atoms with Gasteiger partial charge in [0, 0.05) is 21.1 Å². The zero-order valence-corrected chi connectivity index (χ0v) is 11.7. The first-order valence-corrected chi connectivity index (χ1v) is 7.37. The second-order valence-electron chi connectivity index (χ2n) is 3.91. The topological polar surface area (TPSA) is 88.6 Å². The van der Waals surface area contributed by atoms with Gasteiger partial charge in [-0.25, -0.2) is 0 Å². The first-order chi connectivity index (χ1) is 9.74. The molecule has 3 aromatic heterocycles. The highest BCUT2D eigenvalue weighted by atomic mass is 32.1. The Morgan fingerprint density at radius 1 is 1.20 bits per heavy atom. The van der Waals surface area contributed by atoms with Gasteiger partial charge in [0.15, 0.2) is 0 Å². The number of thiophene rings is 2. The highest BCUT2D eigenvalue weighted by molar-refractivity contribution is 7.21. The van der Waals surface area contributed by atoms with Gasteiger partial charge in [-0.2, -0.15) is 5.21 Å². The standard InChI is InChI=1S/C12H8N4O2S2/c17-8(11(18)12-13-15-16-14-12)6-7-3-4-10(20-7)9-2-1-5-19-9/h1-5H,6H2,(H,13,14,15,16). The number of carbonyl (C=O) groups excluding carboxylic acids is 2. The zero-order valence-electron chi connectivity index (χ0n) is 10.1. The average Bonchev–Trinajstić information content (AvgIpc) is 3.19. The molecule has 0 aromatic carbocycles. The van der Waals surface area contributed by atoms with Crippen molar-refractivity contribution in [1.82, 2.24) is 20.6 Å². The molecule has 0 aliphatic heterocycles. The number of aromatic nitrogens is 4. The second kappa shape index (κ2) is 5.43. The molecule has 0 saturated carbocycles.